The Morgan fingerprint density at radius 1 is 1.00 bits per heavy atom. The molecule has 0 saturated heterocycles. The molecule has 1 saturated carbocycles. The molecule has 0 aromatic heterocycles. The van der Waals surface area contributed by atoms with Crippen molar-refractivity contribution in [3.05, 3.63) is 68.6 Å². The van der Waals surface area contributed by atoms with E-state index in [4.69, 9.17) is 0 Å². The van der Waals surface area contributed by atoms with Gasteiger partial charge in [0.2, 0.25) is 0 Å². The predicted molar refractivity (Wildman–Crippen MR) is 137 cm³/mol. The van der Waals surface area contributed by atoms with Crippen LogP contribution < -0.4 is 0 Å². The summed E-state index contributed by atoms with van der Waals surface area (Å²) in [4.78, 5) is 2.55. The van der Waals surface area contributed by atoms with Crippen LogP contribution in [0.2, 0.25) is 0 Å². The van der Waals surface area contributed by atoms with E-state index in [2.05, 4.69) is 98.3 Å². The van der Waals surface area contributed by atoms with Crippen LogP contribution in [0.4, 0.5) is 0 Å². The molecule has 0 spiro atoms. The molecule has 31 heavy (non-hydrogen) atoms. The Morgan fingerprint density at radius 3 is 2.39 bits per heavy atom. The summed E-state index contributed by atoms with van der Waals surface area (Å²) in [6.07, 6.45) is 9.28. The predicted octanol–water partition coefficient (Wildman–Crippen LogP) is 8.25. The molecule has 0 amide bonds. The normalized spacial score (nSPS) is 16.7. The minimum atomic E-state index is -0.395. The molecular formula is C27H34Br2N2. The standard InChI is InChI=1S/C27H34Br2N2/c1-2-17-31(20-22-10-5-3-6-11-22)18-9-16-27(21-30,23-12-7-4-8-13-23)24-14-15-25(28)26(29)19-24/h3,5-6,10-11,14-15,19,23H,2,4,7-9,12-13,16-18,20H2,1H3. The van der Waals surface area contributed by atoms with Crippen LogP contribution in [0.25, 0.3) is 0 Å². The zero-order valence-electron chi connectivity index (χ0n) is 18.6. The van der Waals surface area contributed by atoms with Gasteiger partial charge in [-0.1, -0.05) is 62.6 Å². The van der Waals surface area contributed by atoms with Gasteiger partial charge in [-0.25, -0.2) is 0 Å². The Bertz CT molecular complexity index is 855. The molecule has 2 aromatic rings. The third-order valence-corrected chi connectivity index (χ3v) is 8.65. The van der Waals surface area contributed by atoms with Crippen LogP contribution in [0, 0.1) is 17.2 Å². The Balaban J connectivity index is 1.77. The molecule has 1 aliphatic carbocycles. The molecule has 1 unspecified atom stereocenters. The summed E-state index contributed by atoms with van der Waals surface area (Å²) in [6, 6.07) is 20.0. The van der Waals surface area contributed by atoms with Crippen LogP contribution in [0.1, 0.15) is 69.4 Å². The second kappa shape index (κ2) is 12.2. The van der Waals surface area contributed by atoms with E-state index in [9.17, 15) is 5.26 Å². The van der Waals surface area contributed by atoms with Gasteiger partial charge in [0.25, 0.3) is 0 Å². The van der Waals surface area contributed by atoms with Gasteiger partial charge < -0.3 is 0 Å². The first-order valence-corrected chi connectivity index (χ1v) is 13.3. The topological polar surface area (TPSA) is 27.0 Å². The van der Waals surface area contributed by atoms with Crippen molar-refractivity contribution in [2.45, 2.75) is 70.3 Å². The van der Waals surface area contributed by atoms with E-state index in [-0.39, 0.29) is 0 Å². The van der Waals surface area contributed by atoms with E-state index >= 15 is 0 Å². The SMILES string of the molecule is CCCN(CCCC(C#N)(c1ccc(Br)c(Br)c1)C1CCCCC1)Cc1ccccc1. The molecule has 0 heterocycles. The van der Waals surface area contributed by atoms with Gasteiger partial charge in [-0.3, -0.25) is 4.90 Å². The average molecular weight is 546 g/mol. The van der Waals surface area contributed by atoms with E-state index in [1.165, 1.54) is 43.2 Å². The van der Waals surface area contributed by atoms with Gasteiger partial charge in [0.15, 0.2) is 0 Å². The van der Waals surface area contributed by atoms with Gasteiger partial charge in [-0.15, -0.1) is 0 Å². The molecule has 166 valence electrons. The van der Waals surface area contributed by atoms with E-state index in [0.717, 1.165) is 47.8 Å². The van der Waals surface area contributed by atoms with Gasteiger partial charge in [0, 0.05) is 15.5 Å². The number of rotatable bonds is 10. The molecule has 1 fully saturated rings. The zero-order chi connectivity index (χ0) is 22.1. The van der Waals surface area contributed by atoms with Crippen molar-refractivity contribution in [1.82, 2.24) is 4.90 Å². The lowest BCUT2D eigenvalue weighted by atomic mass is 9.63. The first-order chi connectivity index (χ1) is 15.1. The molecule has 4 heteroatoms. The van der Waals surface area contributed by atoms with Crippen LogP contribution in [-0.4, -0.2) is 18.0 Å². The first-order valence-electron chi connectivity index (χ1n) is 11.7. The molecule has 1 aliphatic rings. The van der Waals surface area contributed by atoms with Crippen molar-refractivity contribution < 1.29 is 0 Å². The Kier molecular flexibility index (Phi) is 9.63. The molecule has 0 N–H and O–H groups in total. The number of hydrogen-bond acceptors (Lipinski definition) is 2. The quantitative estimate of drug-likeness (QED) is 0.300. The second-order valence-corrected chi connectivity index (χ2v) is 10.6. The van der Waals surface area contributed by atoms with E-state index in [1.54, 1.807) is 0 Å². The lowest BCUT2D eigenvalue weighted by Crippen LogP contribution is -2.36. The van der Waals surface area contributed by atoms with Crippen molar-refractivity contribution in [3.63, 3.8) is 0 Å². The van der Waals surface area contributed by atoms with Crippen molar-refractivity contribution in [1.29, 1.82) is 5.26 Å². The summed E-state index contributed by atoms with van der Waals surface area (Å²) in [7, 11) is 0. The smallest absolute Gasteiger partial charge is 0.0851 e. The van der Waals surface area contributed by atoms with Crippen molar-refractivity contribution in [3.8, 4) is 6.07 Å². The third-order valence-electron chi connectivity index (χ3n) is 6.77. The van der Waals surface area contributed by atoms with E-state index in [1.807, 2.05) is 0 Å². The molecule has 2 aromatic carbocycles. The monoisotopic (exact) mass is 544 g/mol. The summed E-state index contributed by atoms with van der Waals surface area (Å²) in [5.41, 5.74) is 2.16. The Hall–Kier alpha value is -1.15. The minimum Gasteiger partial charge on any atom is -0.299 e. The van der Waals surface area contributed by atoms with Crippen LogP contribution in [0.15, 0.2) is 57.5 Å². The van der Waals surface area contributed by atoms with E-state index < -0.39 is 5.41 Å². The average Bonchev–Trinajstić information content (AvgIpc) is 2.80. The largest absolute Gasteiger partial charge is 0.299 e. The van der Waals surface area contributed by atoms with Crippen molar-refractivity contribution >= 4 is 31.9 Å². The fraction of sp³-hybridized carbons (Fsp3) is 0.519. The van der Waals surface area contributed by atoms with Gasteiger partial charge in [-0.2, -0.15) is 5.26 Å². The molecule has 0 bridgehead atoms. The van der Waals surface area contributed by atoms with Gasteiger partial charge >= 0.3 is 0 Å². The molecule has 3 rings (SSSR count). The summed E-state index contributed by atoms with van der Waals surface area (Å²) < 4.78 is 2.08. The number of benzene rings is 2. The van der Waals surface area contributed by atoms with Crippen molar-refractivity contribution in [2.75, 3.05) is 13.1 Å². The highest BCUT2D eigenvalue weighted by atomic mass is 79.9. The van der Waals surface area contributed by atoms with E-state index in [0.29, 0.717) is 5.92 Å². The third kappa shape index (κ3) is 6.44. The van der Waals surface area contributed by atoms with Crippen LogP contribution in [0.5, 0.6) is 0 Å². The van der Waals surface area contributed by atoms with Gasteiger partial charge in [0.05, 0.1) is 11.5 Å². The lowest BCUT2D eigenvalue weighted by molar-refractivity contribution is 0.211. The Morgan fingerprint density at radius 2 is 1.74 bits per heavy atom. The maximum Gasteiger partial charge on any atom is 0.0851 e. The van der Waals surface area contributed by atoms with Gasteiger partial charge in [-0.05, 0) is 106 Å². The molecule has 1 atom stereocenters. The fourth-order valence-electron chi connectivity index (χ4n) is 5.17. The van der Waals surface area contributed by atoms with Gasteiger partial charge in [0.1, 0.15) is 0 Å². The molecule has 0 aliphatic heterocycles. The number of nitrogens with zero attached hydrogens (tertiary/aromatic N) is 2. The minimum absolute atomic E-state index is 0.395. The first kappa shape index (κ1) is 24.5. The highest BCUT2D eigenvalue weighted by Gasteiger charge is 2.41. The van der Waals surface area contributed by atoms with Crippen molar-refractivity contribution in [2.24, 2.45) is 5.92 Å². The highest BCUT2D eigenvalue weighted by Crippen LogP contribution is 2.45. The summed E-state index contributed by atoms with van der Waals surface area (Å²) >= 11 is 7.27. The fourth-order valence-corrected chi connectivity index (χ4v) is 5.80. The maximum atomic E-state index is 10.6. The van der Waals surface area contributed by atoms with Crippen LogP contribution >= 0.6 is 31.9 Å². The number of nitriles is 1. The Labute approximate surface area is 205 Å². The lowest BCUT2D eigenvalue weighted by Gasteiger charge is -2.38. The van der Waals surface area contributed by atoms with Crippen LogP contribution in [-0.2, 0) is 12.0 Å². The molecule has 0 radical (unpaired) electrons. The second-order valence-electron chi connectivity index (χ2n) is 8.91. The highest BCUT2D eigenvalue weighted by molar-refractivity contribution is 9.13. The molecule has 2 nitrogen and oxygen atoms in total. The zero-order valence-corrected chi connectivity index (χ0v) is 21.8. The summed E-state index contributed by atoms with van der Waals surface area (Å²) in [5, 5.41) is 10.6. The van der Waals surface area contributed by atoms with Crippen LogP contribution in [0.3, 0.4) is 0 Å². The number of halogens is 2. The molecular weight excluding hydrogens is 512 g/mol. The maximum absolute atomic E-state index is 10.6. The summed E-state index contributed by atoms with van der Waals surface area (Å²) in [5.74, 6) is 0.452. The summed E-state index contributed by atoms with van der Waals surface area (Å²) in [6.45, 7) is 5.37. The number of hydrogen-bond donors (Lipinski definition) is 0.